The van der Waals surface area contributed by atoms with Gasteiger partial charge in [0.05, 0.1) is 0 Å². The molecule has 13 heavy (non-hydrogen) atoms. The van der Waals surface area contributed by atoms with E-state index in [1.165, 1.54) is 5.57 Å². The summed E-state index contributed by atoms with van der Waals surface area (Å²) in [5.74, 6) is 0.0591. The van der Waals surface area contributed by atoms with Gasteiger partial charge >= 0.3 is 0 Å². The second-order valence-corrected chi connectivity index (χ2v) is 3.29. The van der Waals surface area contributed by atoms with Gasteiger partial charge in [-0.2, -0.15) is 0 Å². The number of allylic oxidation sites excluding steroid dienone is 5. The van der Waals surface area contributed by atoms with Crippen molar-refractivity contribution < 1.29 is 4.79 Å². The van der Waals surface area contributed by atoms with Gasteiger partial charge in [-0.15, -0.1) is 0 Å². The van der Waals surface area contributed by atoms with E-state index in [-0.39, 0.29) is 5.91 Å². The fourth-order valence-electron chi connectivity index (χ4n) is 1.12. The minimum absolute atomic E-state index is 0.0591. The molecule has 1 rings (SSSR count). The molecule has 70 valence electrons. The molecule has 0 aromatic heterocycles. The number of carbonyl (C=O) groups is 1. The van der Waals surface area contributed by atoms with Gasteiger partial charge in [-0.25, -0.2) is 0 Å². The highest BCUT2D eigenvalue weighted by Gasteiger charge is 2.05. The molecule has 0 unspecified atom stereocenters. The van der Waals surface area contributed by atoms with Crippen molar-refractivity contribution in [2.45, 2.75) is 20.3 Å². The van der Waals surface area contributed by atoms with Crippen LogP contribution in [-0.4, -0.2) is 17.9 Å². The molecule has 0 spiro atoms. The van der Waals surface area contributed by atoms with Crippen molar-refractivity contribution in [2.75, 3.05) is 7.05 Å². The Morgan fingerprint density at radius 2 is 2.15 bits per heavy atom. The lowest BCUT2D eigenvalue weighted by Gasteiger charge is -2.14. The normalized spacial score (nSPS) is 15.9. The zero-order valence-corrected chi connectivity index (χ0v) is 8.37. The summed E-state index contributed by atoms with van der Waals surface area (Å²) in [4.78, 5) is 12.7. The molecule has 0 saturated carbocycles. The van der Waals surface area contributed by atoms with E-state index in [2.05, 4.69) is 19.1 Å². The van der Waals surface area contributed by atoms with Crippen LogP contribution in [-0.2, 0) is 4.79 Å². The first-order valence-electron chi connectivity index (χ1n) is 4.39. The molecular formula is C11H15NO. The largest absolute Gasteiger partial charge is 0.316 e. The van der Waals surface area contributed by atoms with Crippen LogP contribution in [0.3, 0.4) is 0 Å². The van der Waals surface area contributed by atoms with Gasteiger partial charge in [0.1, 0.15) is 0 Å². The van der Waals surface area contributed by atoms with Gasteiger partial charge in [-0.1, -0.05) is 17.7 Å². The molecule has 0 aromatic rings. The lowest BCUT2D eigenvalue weighted by molar-refractivity contribution is -0.125. The zero-order chi connectivity index (χ0) is 9.84. The maximum atomic E-state index is 11.1. The van der Waals surface area contributed by atoms with Gasteiger partial charge < -0.3 is 4.90 Å². The van der Waals surface area contributed by atoms with Crippen molar-refractivity contribution in [1.82, 2.24) is 4.90 Å². The van der Waals surface area contributed by atoms with Crippen LogP contribution in [0.25, 0.3) is 0 Å². The summed E-state index contributed by atoms with van der Waals surface area (Å²) in [7, 11) is 1.78. The average Bonchev–Trinajstić information content (AvgIpc) is 2.28. The van der Waals surface area contributed by atoms with Crippen LogP contribution in [0.2, 0.25) is 0 Å². The van der Waals surface area contributed by atoms with E-state index in [4.69, 9.17) is 0 Å². The highest BCUT2D eigenvalue weighted by atomic mass is 16.2. The number of amides is 1. The van der Waals surface area contributed by atoms with E-state index in [0.29, 0.717) is 0 Å². The molecule has 0 N–H and O–H groups in total. The lowest BCUT2D eigenvalue weighted by Crippen LogP contribution is -2.21. The van der Waals surface area contributed by atoms with E-state index < -0.39 is 0 Å². The van der Waals surface area contributed by atoms with Crippen LogP contribution in [0, 0.1) is 0 Å². The highest BCUT2D eigenvalue weighted by molar-refractivity contribution is 5.75. The molecule has 0 heterocycles. The Kier molecular flexibility index (Phi) is 3.07. The fraction of sp³-hybridized carbons (Fsp3) is 0.364. The van der Waals surface area contributed by atoms with Crippen molar-refractivity contribution in [3.05, 3.63) is 35.6 Å². The Morgan fingerprint density at radius 3 is 2.77 bits per heavy atom. The molecule has 0 aromatic carbocycles. The molecule has 0 aliphatic heterocycles. The molecule has 2 nitrogen and oxygen atoms in total. The first-order valence-corrected chi connectivity index (χ1v) is 4.39. The van der Waals surface area contributed by atoms with Crippen LogP contribution in [0.5, 0.6) is 0 Å². The second-order valence-electron chi connectivity index (χ2n) is 3.29. The molecule has 1 aliphatic carbocycles. The van der Waals surface area contributed by atoms with E-state index in [0.717, 1.165) is 12.1 Å². The summed E-state index contributed by atoms with van der Waals surface area (Å²) < 4.78 is 0. The third-order valence-electron chi connectivity index (χ3n) is 2.13. The Morgan fingerprint density at radius 1 is 1.46 bits per heavy atom. The number of rotatable bonds is 1. The highest BCUT2D eigenvalue weighted by Crippen LogP contribution is 2.12. The first-order chi connectivity index (χ1) is 6.11. The zero-order valence-electron chi connectivity index (χ0n) is 8.37. The lowest BCUT2D eigenvalue weighted by atomic mass is 10.2. The molecule has 1 aliphatic rings. The van der Waals surface area contributed by atoms with Crippen molar-refractivity contribution in [3.8, 4) is 0 Å². The minimum Gasteiger partial charge on any atom is -0.316 e. The van der Waals surface area contributed by atoms with Crippen molar-refractivity contribution in [1.29, 1.82) is 0 Å². The average molecular weight is 177 g/mol. The van der Waals surface area contributed by atoms with Crippen LogP contribution in [0.15, 0.2) is 35.6 Å². The van der Waals surface area contributed by atoms with E-state index in [1.807, 2.05) is 12.2 Å². The smallest absolute Gasteiger partial charge is 0.223 e. The molecule has 1 amide bonds. The van der Waals surface area contributed by atoms with Crippen LogP contribution in [0.4, 0.5) is 0 Å². The van der Waals surface area contributed by atoms with Gasteiger partial charge in [0, 0.05) is 19.7 Å². The molecule has 0 saturated heterocycles. The fourth-order valence-corrected chi connectivity index (χ4v) is 1.12. The number of likely N-dealkylation sites (N-methyl/N-ethyl adjacent to an activating group) is 1. The quantitative estimate of drug-likeness (QED) is 0.601. The van der Waals surface area contributed by atoms with Crippen molar-refractivity contribution >= 4 is 5.91 Å². The standard InChI is InChI=1S/C11H15NO/c1-9-5-4-6-11(8-7-9)12(3)10(2)13/h4,6-8H,5H2,1-3H3. The molecule has 0 bridgehead atoms. The third-order valence-corrected chi connectivity index (χ3v) is 2.13. The SMILES string of the molecule is CC(=O)N(C)C1=CC=C(C)CC=C1. The maximum Gasteiger partial charge on any atom is 0.223 e. The Balaban J connectivity index is 2.86. The van der Waals surface area contributed by atoms with E-state index >= 15 is 0 Å². The number of nitrogens with zero attached hydrogens (tertiary/aromatic N) is 1. The maximum absolute atomic E-state index is 11.1. The summed E-state index contributed by atoms with van der Waals surface area (Å²) >= 11 is 0. The summed E-state index contributed by atoms with van der Waals surface area (Å²) in [5.41, 5.74) is 2.26. The molecule has 0 atom stereocenters. The number of hydrogen-bond acceptors (Lipinski definition) is 1. The van der Waals surface area contributed by atoms with Crippen molar-refractivity contribution in [3.63, 3.8) is 0 Å². The van der Waals surface area contributed by atoms with Gasteiger partial charge in [0.15, 0.2) is 0 Å². The minimum atomic E-state index is 0.0591. The van der Waals surface area contributed by atoms with Gasteiger partial charge in [0.25, 0.3) is 0 Å². The summed E-state index contributed by atoms with van der Waals surface area (Å²) in [5, 5.41) is 0. The van der Waals surface area contributed by atoms with E-state index in [9.17, 15) is 4.79 Å². The molecule has 2 heteroatoms. The second kappa shape index (κ2) is 4.08. The predicted molar refractivity (Wildman–Crippen MR) is 54.0 cm³/mol. The number of carbonyl (C=O) groups excluding carboxylic acids is 1. The van der Waals surface area contributed by atoms with Crippen LogP contribution in [0.1, 0.15) is 20.3 Å². The monoisotopic (exact) mass is 177 g/mol. The summed E-state index contributed by atoms with van der Waals surface area (Å²) in [6, 6.07) is 0. The van der Waals surface area contributed by atoms with Gasteiger partial charge in [0.2, 0.25) is 5.91 Å². The van der Waals surface area contributed by atoms with Crippen LogP contribution >= 0.6 is 0 Å². The predicted octanol–water partition coefficient (Wildman–Crippen LogP) is 2.25. The molecule has 0 fully saturated rings. The summed E-state index contributed by atoms with van der Waals surface area (Å²) in [6.45, 7) is 3.65. The Labute approximate surface area is 79.2 Å². The Hall–Kier alpha value is -1.31. The van der Waals surface area contributed by atoms with Crippen LogP contribution < -0.4 is 0 Å². The number of hydrogen-bond donors (Lipinski definition) is 0. The third kappa shape index (κ3) is 2.58. The first kappa shape index (κ1) is 9.78. The van der Waals surface area contributed by atoms with E-state index in [1.54, 1.807) is 18.9 Å². The Bertz CT molecular complexity index is 297. The van der Waals surface area contributed by atoms with Gasteiger partial charge in [-0.3, -0.25) is 4.79 Å². The molecular weight excluding hydrogens is 162 g/mol. The topological polar surface area (TPSA) is 20.3 Å². The van der Waals surface area contributed by atoms with Crippen molar-refractivity contribution in [2.24, 2.45) is 0 Å². The summed E-state index contributed by atoms with van der Waals surface area (Å²) in [6.07, 6.45) is 9.04. The van der Waals surface area contributed by atoms with Gasteiger partial charge in [-0.05, 0) is 25.5 Å². The molecule has 0 radical (unpaired) electrons.